The van der Waals surface area contributed by atoms with Crippen molar-refractivity contribution in [1.82, 2.24) is 16.0 Å². The molecule has 5 unspecified atom stereocenters. The number of hydrogen-bond acceptors (Lipinski definition) is 7. The molecule has 0 fully saturated rings. The number of aliphatic hydroxyl groups excluding tert-OH is 1. The summed E-state index contributed by atoms with van der Waals surface area (Å²) in [7, 11) is 0. The van der Waals surface area contributed by atoms with Gasteiger partial charge in [-0.25, -0.2) is 0 Å². The van der Waals surface area contributed by atoms with E-state index >= 15 is 0 Å². The molecule has 0 bridgehead atoms. The molecule has 0 saturated heterocycles. The molecule has 0 saturated carbocycles. The lowest BCUT2D eigenvalue weighted by atomic mass is 10.1. The van der Waals surface area contributed by atoms with Gasteiger partial charge in [0.2, 0.25) is 17.7 Å². The van der Waals surface area contributed by atoms with Gasteiger partial charge in [0, 0.05) is 0 Å². The molecule has 0 aromatic rings. The van der Waals surface area contributed by atoms with Gasteiger partial charge in [-0.2, -0.15) is 0 Å². The Morgan fingerprint density at radius 3 is 1.93 bits per heavy atom. The van der Waals surface area contributed by atoms with E-state index in [1.54, 1.807) is 0 Å². The number of carbonyl (C=O) groups excluding carboxylic acids is 3. The summed E-state index contributed by atoms with van der Waals surface area (Å²) < 4.78 is 0. The monoisotopic (exact) mass is 389 g/mol. The maximum atomic E-state index is 12.3. The second-order valence-electron chi connectivity index (χ2n) is 6.41. The Hall–Kier alpha value is -2.24. The van der Waals surface area contributed by atoms with Crippen molar-refractivity contribution in [1.29, 1.82) is 0 Å². The average Bonchev–Trinajstić information content (AvgIpc) is 2.59. The Labute approximate surface area is 158 Å². The van der Waals surface area contributed by atoms with Crippen LogP contribution in [0.5, 0.6) is 0 Å². The van der Waals surface area contributed by atoms with Gasteiger partial charge in [-0.3, -0.25) is 19.2 Å². The highest BCUT2D eigenvalue weighted by Crippen LogP contribution is 2.03. The minimum absolute atomic E-state index is 0.259. The molecule has 27 heavy (non-hydrogen) atoms. The quantitative estimate of drug-likeness (QED) is 0.176. The van der Waals surface area contributed by atoms with Crippen LogP contribution in [0.15, 0.2) is 0 Å². The Morgan fingerprint density at radius 2 is 1.44 bits per heavy atom. The van der Waals surface area contributed by atoms with Gasteiger partial charge in [0.05, 0.1) is 6.10 Å². The van der Waals surface area contributed by atoms with Gasteiger partial charge in [-0.15, -0.1) is 0 Å². The minimum Gasteiger partial charge on any atom is -0.480 e. The Kier molecular flexibility index (Phi) is 11.2. The van der Waals surface area contributed by atoms with Crippen LogP contribution < -0.4 is 27.4 Å². The van der Waals surface area contributed by atoms with E-state index in [9.17, 15) is 24.3 Å². The minimum atomic E-state index is -1.21. The molecule has 11 heteroatoms. The average molecular weight is 389 g/mol. The summed E-state index contributed by atoms with van der Waals surface area (Å²) in [6.07, 6.45) is 0.343. The van der Waals surface area contributed by atoms with E-state index in [1.165, 1.54) is 20.8 Å². The van der Waals surface area contributed by atoms with E-state index in [2.05, 4.69) is 16.0 Å². The molecule has 0 rings (SSSR count). The standard InChI is InChI=1S/C16H31N5O6/c1-8(19-15(25)12(18)10(3)22)13(23)21-11(6-4-5-7-17)14(24)20-9(2)16(26)27/h8-12,22H,4-7,17-18H2,1-3H3,(H,19,25)(H,20,24)(H,21,23)(H,26,27). The van der Waals surface area contributed by atoms with Crippen LogP contribution in [-0.2, 0) is 19.2 Å². The first-order chi connectivity index (χ1) is 12.5. The Bertz CT molecular complexity index is 527. The maximum absolute atomic E-state index is 12.3. The van der Waals surface area contributed by atoms with Gasteiger partial charge in [0.15, 0.2) is 0 Å². The predicted octanol–water partition coefficient (Wildman–Crippen LogP) is -2.60. The highest BCUT2D eigenvalue weighted by Gasteiger charge is 2.27. The van der Waals surface area contributed by atoms with Gasteiger partial charge < -0.3 is 37.6 Å². The van der Waals surface area contributed by atoms with Crippen LogP contribution in [0, 0.1) is 0 Å². The number of aliphatic hydroxyl groups is 1. The molecule has 0 aliphatic carbocycles. The van der Waals surface area contributed by atoms with Gasteiger partial charge in [-0.1, -0.05) is 0 Å². The second kappa shape index (κ2) is 12.2. The lowest BCUT2D eigenvalue weighted by Crippen LogP contribution is -2.57. The number of rotatable bonds is 12. The zero-order valence-corrected chi connectivity index (χ0v) is 15.9. The molecule has 9 N–H and O–H groups in total. The Balaban J connectivity index is 4.91. The molecule has 0 aromatic carbocycles. The van der Waals surface area contributed by atoms with E-state index in [-0.39, 0.29) is 6.42 Å². The fourth-order valence-electron chi connectivity index (χ4n) is 2.03. The highest BCUT2D eigenvalue weighted by atomic mass is 16.4. The Morgan fingerprint density at radius 1 is 0.889 bits per heavy atom. The maximum Gasteiger partial charge on any atom is 0.325 e. The van der Waals surface area contributed by atoms with Crippen LogP contribution >= 0.6 is 0 Å². The SMILES string of the molecule is CC(NC(=O)C(CCCCN)NC(=O)C(C)NC(=O)C(N)C(C)O)C(=O)O. The molecular formula is C16H31N5O6. The second-order valence-corrected chi connectivity index (χ2v) is 6.41. The highest BCUT2D eigenvalue weighted by molar-refractivity contribution is 5.93. The summed E-state index contributed by atoms with van der Waals surface area (Å²) in [5, 5.41) is 25.3. The molecule has 3 amide bonds. The third kappa shape index (κ3) is 9.31. The third-order valence-electron chi connectivity index (χ3n) is 3.88. The molecular weight excluding hydrogens is 358 g/mol. The summed E-state index contributed by atoms with van der Waals surface area (Å²) in [5.74, 6) is -3.20. The van der Waals surface area contributed by atoms with Crippen molar-refractivity contribution in [2.24, 2.45) is 11.5 Å². The van der Waals surface area contributed by atoms with Crippen molar-refractivity contribution in [3.05, 3.63) is 0 Å². The van der Waals surface area contributed by atoms with E-state index in [0.29, 0.717) is 19.4 Å². The first-order valence-electron chi connectivity index (χ1n) is 8.78. The number of carbonyl (C=O) groups is 4. The van der Waals surface area contributed by atoms with Crippen LogP contribution in [-0.4, -0.2) is 70.7 Å². The topological polar surface area (TPSA) is 197 Å². The molecule has 0 heterocycles. The van der Waals surface area contributed by atoms with Crippen molar-refractivity contribution in [3.8, 4) is 0 Å². The molecule has 0 radical (unpaired) electrons. The molecule has 0 spiro atoms. The van der Waals surface area contributed by atoms with Crippen molar-refractivity contribution in [2.75, 3.05) is 6.54 Å². The summed E-state index contributed by atoms with van der Waals surface area (Å²) >= 11 is 0. The molecule has 156 valence electrons. The first kappa shape index (κ1) is 24.8. The zero-order valence-electron chi connectivity index (χ0n) is 15.9. The van der Waals surface area contributed by atoms with Crippen LogP contribution in [0.4, 0.5) is 0 Å². The molecule has 5 atom stereocenters. The molecule has 11 nitrogen and oxygen atoms in total. The van der Waals surface area contributed by atoms with Crippen molar-refractivity contribution < 1.29 is 29.4 Å². The lowest BCUT2D eigenvalue weighted by Gasteiger charge is -2.23. The first-order valence-corrected chi connectivity index (χ1v) is 8.78. The zero-order chi connectivity index (χ0) is 21.1. The van der Waals surface area contributed by atoms with E-state index < -0.39 is 54.0 Å². The molecule has 0 aliphatic heterocycles. The van der Waals surface area contributed by atoms with Gasteiger partial charge in [0.25, 0.3) is 0 Å². The van der Waals surface area contributed by atoms with Crippen LogP contribution in [0.25, 0.3) is 0 Å². The summed E-state index contributed by atoms with van der Waals surface area (Å²) in [6, 6.07) is -4.30. The largest absolute Gasteiger partial charge is 0.480 e. The fourth-order valence-corrected chi connectivity index (χ4v) is 2.03. The van der Waals surface area contributed by atoms with Gasteiger partial charge in [0.1, 0.15) is 24.2 Å². The number of amides is 3. The van der Waals surface area contributed by atoms with E-state index in [0.717, 1.165) is 0 Å². The number of carboxylic acid groups (broad SMARTS) is 1. The van der Waals surface area contributed by atoms with E-state index in [1.807, 2.05) is 0 Å². The van der Waals surface area contributed by atoms with Crippen molar-refractivity contribution >= 4 is 23.7 Å². The van der Waals surface area contributed by atoms with Crippen LogP contribution in [0.1, 0.15) is 40.0 Å². The fraction of sp³-hybridized carbons (Fsp3) is 0.750. The predicted molar refractivity (Wildman–Crippen MR) is 97.3 cm³/mol. The summed E-state index contributed by atoms with van der Waals surface area (Å²) in [6.45, 7) is 4.46. The third-order valence-corrected chi connectivity index (χ3v) is 3.88. The number of nitrogens with two attached hydrogens (primary N) is 2. The summed E-state index contributed by atoms with van der Waals surface area (Å²) in [4.78, 5) is 47.3. The lowest BCUT2D eigenvalue weighted by molar-refractivity contribution is -0.141. The van der Waals surface area contributed by atoms with Crippen LogP contribution in [0.3, 0.4) is 0 Å². The van der Waals surface area contributed by atoms with E-state index in [4.69, 9.17) is 16.6 Å². The van der Waals surface area contributed by atoms with Gasteiger partial charge >= 0.3 is 5.97 Å². The molecule has 0 aliphatic rings. The normalized spacial score (nSPS) is 16.4. The number of nitrogens with one attached hydrogen (secondary N) is 3. The van der Waals surface area contributed by atoms with Crippen LogP contribution in [0.2, 0.25) is 0 Å². The van der Waals surface area contributed by atoms with Gasteiger partial charge in [-0.05, 0) is 46.6 Å². The number of hydrogen-bond donors (Lipinski definition) is 7. The molecule has 0 aromatic heterocycles. The van der Waals surface area contributed by atoms with Crippen molar-refractivity contribution in [2.45, 2.75) is 70.3 Å². The number of aliphatic carboxylic acids is 1. The number of unbranched alkanes of at least 4 members (excludes halogenated alkanes) is 1. The van der Waals surface area contributed by atoms with Crippen molar-refractivity contribution in [3.63, 3.8) is 0 Å². The summed E-state index contributed by atoms with van der Waals surface area (Å²) in [5.41, 5.74) is 10.9. The smallest absolute Gasteiger partial charge is 0.325 e. The number of carboxylic acids is 1.